The highest BCUT2D eigenvalue weighted by Gasteiger charge is 2.30. The van der Waals surface area contributed by atoms with Crippen molar-refractivity contribution in [2.24, 2.45) is 10.9 Å². The molecular weight excluding hydrogens is 254 g/mol. The highest BCUT2D eigenvalue weighted by atomic mass is 16.4. The standard InChI is InChI=1S/C15H23N3O2/c16-14(18-20)13-7-3-2-6-12(13)10-17-15(11-19)8-4-1-5-9-15/h2-3,6-7,17,19-20H,1,4-5,8-11H2,(H2,16,18). The predicted molar refractivity (Wildman–Crippen MR) is 78.7 cm³/mol. The van der Waals surface area contributed by atoms with Gasteiger partial charge in [0.25, 0.3) is 0 Å². The Hall–Kier alpha value is -1.59. The number of hydrogen-bond acceptors (Lipinski definition) is 4. The minimum atomic E-state index is -0.184. The highest BCUT2D eigenvalue weighted by Crippen LogP contribution is 2.28. The van der Waals surface area contributed by atoms with Crippen molar-refractivity contribution in [1.29, 1.82) is 0 Å². The van der Waals surface area contributed by atoms with Crippen molar-refractivity contribution in [1.82, 2.24) is 5.32 Å². The van der Waals surface area contributed by atoms with Gasteiger partial charge in [0.05, 0.1) is 6.61 Å². The van der Waals surface area contributed by atoms with Gasteiger partial charge in [-0.25, -0.2) is 0 Å². The molecule has 110 valence electrons. The molecule has 0 heterocycles. The number of oxime groups is 1. The molecule has 0 aromatic heterocycles. The average molecular weight is 277 g/mol. The van der Waals surface area contributed by atoms with Gasteiger partial charge >= 0.3 is 0 Å². The fraction of sp³-hybridized carbons (Fsp3) is 0.533. The second-order valence-corrected chi connectivity index (χ2v) is 5.50. The number of benzene rings is 1. The molecule has 0 amide bonds. The third-order valence-corrected chi connectivity index (χ3v) is 4.17. The molecule has 0 atom stereocenters. The quantitative estimate of drug-likeness (QED) is 0.284. The fourth-order valence-corrected chi connectivity index (χ4v) is 2.88. The number of hydrogen-bond donors (Lipinski definition) is 4. The lowest BCUT2D eigenvalue weighted by Crippen LogP contribution is -2.49. The summed E-state index contributed by atoms with van der Waals surface area (Å²) in [5, 5.41) is 25.1. The molecule has 2 rings (SSSR count). The zero-order valence-electron chi connectivity index (χ0n) is 11.7. The monoisotopic (exact) mass is 277 g/mol. The van der Waals surface area contributed by atoms with Crippen molar-refractivity contribution >= 4 is 5.84 Å². The summed E-state index contributed by atoms with van der Waals surface area (Å²) in [5.74, 6) is 0.115. The van der Waals surface area contributed by atoms with Gasteiger partial charge in [0.1, 0.15) is 0 Å². The molecule has 5 nitrogen and oxygen atoms in total. The van der Waals surface area contributed by atoms with Crippen LogP contribution in [-0.4, -0.2) is 28.3 Å². The largest absolute Gasteiger partial charge is 0.409 e. The number of aliphatic hydroxyl groups excluding tert-OH is 1. The molecule has 1 aromatic carbocycles. The Kier molecular flexibility index (Phi) is 4.98. The molecular formula is C15H23N3O2. The van der Waals surface area contributed by atoms with Crippen LogP contribution in [0.5, 0.6) is 0 Å². The fourth-order valence-electron chi connectivity index (χ4n) is 2.88. The van der Waals surface area contributed by atoms with Crippen LogP contribution in [0.15, 0.2) is 29.4 Å². The first kappa shape index (κ1) is 14.8. The Balaban J connectivity index is 2.10. The van der Waals surface area contributed by atoms with E-state index in [1.807, 2.05) is 24.3 Å². The van der Waals surface area contributed by atoms with Crippen LogP contribution < -0.4 is 11.1 Å². The van der Waals surface area contributed by atoms with Crippen LogP contribution >= 0.6 is 0 Å². The molecule has 0 saturated heterocycles. The first-order valence-corrected chi connectivity index (χ1v) is 7.12. The van der Waals surface area contributed by atoms with Crippen LogP contribution in [0, 0.1) is 0 Å². The lowest BCUT2D eigenvalue weighted by atomic mass is 9.82. The molecule has 1 aliphatic rings. The van der Waals surface area contributed by atoms with E-state index in [0.29, 0.717) is 6.54 Å². The van der Waals surface area contributed by atoms with E-state index in [9.17, 15) is 5.11 Å². The third kappa shape index (κ3) is 3.29. The molecule has 5 heteroatoms. The van der Waals surface area contributed by atoms with Crippen LogP contribution in [0.4, 0.5) is 0 Å². The molecule has 0 unspecified atom stereocenters. The van der Waals surface area contributed by atoms with Crippen molar-refractivity contribution in [2.75, 3.05) is 6.61 Å². The highest BCUT2D eigenvalue weighted by molar-refractivity contribution is 5.98. The molecule has 0 aliphatic heterocycles. The van der Waals surface area contributed by atoms with Gasteiger partial charge in [-0.05, 0) is 18.4 Å². The summed E-state index contributed by atoms with van der Waals surface area (Å²) in [6, 6.07) is 7.57. The Labute approximate surface area is 119 Å². The van der Waals surface area contributed by atoms with Gasteiger partial charge in [0, 0.05) is 17.6 Å². The Morgan fingerprint density at radius 1 is 1.25 bits per heavy atom. The summed E-state index contributed by atoms with van der Waals surface area (Å²) in [7, 11) is 0. The van der Waals surface area contributed by atoms with Crippen LogP contribution in [0.1, 0.15) is 43.2 Å². The summed E-state index contributed by atoms with van der Waals surface area (Å²) in [6.45, 7) is 0.756. The lowest BCUT2D eigenvalue weighted by Gasteiger charge is -2.37. The van der Waals surface area contributed by atoms with Crippen molar-refractivity contribution in [3.05, 3.63) is 35.4 Å². The molecule has 1 aliphatic carbocycles. The minimum Gasteiger partial charge on any atom is -0.409 e. The van der Waals surface area contributed by atoms with E-state index in [-0.39, 0.29) is 18.0 Å². The SMILES string of the molecule is NC(=NO)c1ccccc1CNC1(CO)CCCCC1. The molecule has 0 spiro atoms. The van der Waals surface area contributed by atoms with Gasteiger partial charge < -0.3 is 21.4 Å². The van der Waals surface area contributed by atoms with Gasteiger partial charge in [0.2, 0.25) is 0 Å². The zero-order valence-corrected chi connectivity index (χ0v) is 11.7. The van der Waals surface area contributed by atoms with Gasteiger partial charge in [0.15, 0.2) is 5.84 Å². The first-order valence-electron chi connectivity index (χ1n) is 7.12. The van der Waals surface area contributed by atoms with Crippen molar-refractivity contribution in [3.8, 4) is 0 Å². The van der Waals surface area contributed by atoms with Crippen LogP contribution in [0.2, 0.25) is 0 Å². The molecule has 5 N–H and O–H groups in total. The molecule has 1 aromatic rings. The number of nitrogens with zero attached hydrogens (tertiary/aromatic N) is 1. The van der Waals surface area contributed by atoms with Gasteiger partial charge in [-0.3, -0.25) is 0 Å². The second kappa shape index (κ2) is 6.72. The van der Waals surface area contributed by atoms with E-state index in [4.69, 9.17) is 10.9 Å². The normalized spacial score (nSPS) is 18.9. The number of nitrogens with one attached hydrogen (secondary N) is 1. The van der Waals surface area contributed by atoms with Gasteiger partial charge in [-0.2, -0.15) is 0 Å². The third-order valence-electron chi connectivity index (χ3n) is 4.17. The lowest BCUT2D eigenvalue weighted by molar-refractivity contribution is 0.119. The summed E-state index contributed by atoms with van der Waals surface area (Å²) >= 11 is 0. The number of nitrogens with two attached hydrogens (primary N) is 1. The van der Waals surface area contributed by atoms with Crippen molar-refractivity contribution in [2.45, 2.75) is 44.2 Å². The van der Waals surface area contributed by atoms with E-state index < -0.39 is 0 Å². The molecule has 0 bridgehead atoms. The zero-order chi connectivity index (χ0) is 14.4. The number of rotatable bonds is 5. The number of amidine groups is 1. The first-order chi connectivity index (χ1) is 9.71. The summed E-state index contributed by atoms with van der Waals surface area (Å²) < 4.78 is 0. The van der Waals surface area contributed by atoms with Gasteiger partial charge in [-0.15, -0.1) is 0 Å². The smallest absolute Gasteiger partial charge is 0.170 e. The summed E-state index contributed by atoms with van der Waals surface area (Å²) in [4.78, 5) is 0. The van der Waals surface area contributed by atoms with E-state index in [0.717, 1.165) is 36.8 Å². The average Bonchev–Trinajstić information content (AvgIpc) is 2.53. The maximum atomic E-state index is 9.69. The molecule has 0 radical (unpaired) electrons. The summed E-state index contributed by atoms with van der Waals surface area (Å²) in [6.07, 6.45) is 5.53. The minimum absolute atomic E-state index is 0.115. The topological polar surface area (TPSA) is 90.9 Å². The molecule has 1 fully saturated rings. The van der Waals surface area contributed by atoms with E-state index >= 15 is 0 Å². The van der Waals surface area contributed by atoms with Crippen LogP contribution in [0.3, 0.4) is 0 Å². The second-order valence-electron chi connectivity index (χ2n) is 5.50. The van der Waals surface area contributed by atoms with E-state index in [1.165, 1.54) is 6.42 Å². The Morgan fingerprint density at radius 2 is 1.95 bits per heavy atom. The van der Waals surface area contributed by atoms with Crippen molar-refractivity contribution < 1.29 is 10.3 Å². The Bertz CT molecular complexity index is 468. The van der Waals surface area contributed by atoms with Gasteiger partial charge in [-0.1, -0.05) is 48.7 Å². The van der Waals surface area contributed by atoms with E-state index in [1.54, 1.807) is 0 Å². The van der Waals surface area contributed by atoms with Crippen LogP contribution in [-0.2, 0) is 6.54 Å². The summed E-state index contributed by atoms with van der Waals surface area (Å²) in [5.41, 5.74) is 7.21. The van der Waals surface area contributed by atoms with E-state index in [2.05, 4.69) is 10.5 Å². The van der Waals surface area contributed by atoms with Crippen molar-refractivity contribution in [3.63, 3.8) is 0 Å². The molecule has 20 heavy (non-hydrogen) atoms. The molecule has 1 saturated carbocycles. The predicted octanol–water partition coefficient (Wildman–Crippen LogP) is 1.57. The number of aliphatic hydroxyl groups is 1. The van der Waals surface area contributed by atoms with Crippen LogP contribution in [0.25, 0.3) is 0 Å². The maximum Gasteiger partial charge on any atom is 0.170 e. The maximum absolute atomic E-state index is 9.69. The Morgan fingerprint density at radius 3 is 2.60 bits per heavy atom.